The molecule has 0 radical (unpaired) electrons. The largest absolute Gasteiger partial charge is 0.510 e. The van der Waals surface area contributed by atoms with Crippen LogP contribution in [-0.4, -0.2) is 24.8 Å². The smallest absolute Gasteiger partial charge is 0.463 e. The van der Waals surface area contributed by atoms with Crippen molar-refractivity contribution < 1.29 is 23.8 Å². The molecular formula is C12H12O5. The van der Waals surface area contributed by atoms with Crippen LogP contribution in [0, 0.1) is 0 Å². The van der Waals surface area contributed by atoms with E-state index in [4.69, 9.17) is 14.2 Å². The Morgan fingerprint density at radius 2 is 2.00 bits per heavy atom. The second kappa shape index (κ2) is 4.86. The summed E-state index contributed by atoms with van der Waals surface area (Å²) >= 11 is 0. The summed E-state index contributed by atoms with van der Waals surface area (Å²) in [5, 5.41) is 0. The molecule has 5 heteroatoms. The number of ether oxygens (including phenoxy) is 3. The Kier molecular flexibility index (Phi) is 3.27. The SMILES string of the molecule is CCOC(=O)[C@@H]1OC(=O)O[C@H]1c1ccccc1. The van der Waals surface area contributed by atoms with Gasteiger partial charge >= 0.3 is 12.1 Å². The van der Waals surface area contributed by atoms with Crippen LogP contribution in [0.4, 0.5) is 4.79 Å². The third kappa shape index (κ3) is 2.38. The van der Waals surface area contributed by atoms with E-state index in [1.165, 1.54) is 0 Å². The van der Waals surface area contributed by atoms with E-state index in [-0.39, 0.29) is 6.61 Å². The minimum absolute atomic E-state index is 0.231. The van der Waals surface area contributed by atoms with Crippen LogP contribution in [0.15, 0.2) is 30.3 Å². The van der Waals surface area contributed by atoms with Gasteiger partial charge in [-0.3, -0.25) is 0 Å². The minimum atomic E-state index is -1.02. The highest BCUT2D eigenvalue weighted by Gasteiger charge is 2.43. The summed E-state index contributed by atoms with van der Waals surface area (Å²) in [7, 11) is 0. The van der Waals surface area contributed by atoms with Crippen LogP contribution in [0.5, 0.6) is 0 Å². The lowest BCUT2D eigenvalue weighted by Crippen LogP contribution is -2.28. The van der Waals surface area contributed by atoms with E-state index in [1.807, 2.05) is 6.07 Å². The Morgan fingerprint density at radius 3 is 2.65 bits per heavy atom. The van der Waals surface area contributed by atoms with Crippen LogP contribution >= 0.6 is 0 Å². The van der Waals surface area contributed by atoms with Crippen molar-refractivity contribution in [2.24, 2.45) is 0 Å². The molecule has 2 atom stereocenters. The Balaban J connectivity index is 2.20. The number of carbonyl (C=O) groups is 2. The molecule has 0 amide bonds. The van der Waals surface area contributed by atoms with Gasteiger partial charge in [0.1, 0.15) is 0 Å². The molecule has 1 aliphatic rings. The van der Waals surface area contributed by atoms with Gasteiger partial charge in [-0.05, 0) is 12.5 Å². The van der Waals surface area contributed by atoms with Crippen LogP contribution in [0.25, 0.3) is 0 Å². The van der Waals surface area contributed by atoms with Gasteiger partial charge in [0.05, 0.1) is 6.61 Å². The predicted octanol–water partition coefficient (Wildman–Crippen LogP) is 1.83. The van der Waals surface area contributed by atoms with Crippen molar-refractivity contribution in [1.82, 2.24) is 0 Å². The molecule has 1 aliphatic heterocycles. The molecule has 0 unspecified atom stereocenters. The molecule has 1 aromatic carbocycles. The molecule has 0 bridgehead atoms. The molecule has 0 saturated carbocycles. The molecule has 17 heavy (non-hydrogen) atoms. The van der Waals surface area contributed by atoms with E-state index in [0.29, 0.717) is 5.56 Å². The number of esters is 1. The molecule has 1 fully saturated rings. The van der Waals surface area contributed by atoms with E-state index >= 15 is 0 Å². The van der Waals surface area contributed by atoms with Gasteiger partial charge in [0, 0.05) is 0 Å². The van der Waals surface area contributed by atoms with Crippen molar-refractivity contribution in [2.75, 3.05) is 6.61 Å². The second-order valence-corrected chi connectivity index (χ2v) is 3.49. The highest BCUT2D eigenvalue weighted by atomic mass is 16.8. The monoisotopic (exact) mass is 236 g/mol. The van der Waals surface area contributed by atoms with Gasteiger partial charge in [-0.25, -0.2) is 9.59 Å². The lowest BCUT2D eigenvalue weighted by atomic mass is 10.0. The fraction of sp³-hybridized carbons (Fsp3) is 0.333. The Morgan fingerprint density at radius 1 is 1.29 bits per heavy atom. The zero-order valence-electron chi connectivity index (χ0n) is 9.29. The quantitative estimate of drug-likeness (QED) is 0.749. The van der Waals surface area contributed by atoms with Crippen LogP contribution in [-0.2, 0) is 19.0 Å². The number of hydrogen-bond donors (Lipinski definition) is 0. The van der Waals surface area contributed by atoms with Crippen molar-refractivity contribution in [1.29, 1.82) is 0 Å². The van der Waals surface area contributed by atoms with Crippen LogP contribution in [0.2, 0.25) is 0 Å². The second-order valence-electron chi connectivity index (χ2n) is 3.49. The molecule has 5 nitrogen and oxygen atoms in total. The summed E-state index contributed by atoms with van der Waals surface area (Å²) in [6.45, 7) is 1.92. The molecule has 0 aliphatic carbocycles. The summed E-state index contributed by atoms with van der Waals surface area (Å²) in [5.41, 5.74) is 0.705. The molecule has 0 N–H and O–H groups in total. The van der Waals surface area contributed by atoms with Crippen molar-refractivity contribution >= 4 is 12.1 Å². The highest BCUT2D eigenvalue weighted by molar-refractivity contribution is 5.81. The van der Waals surface area contributed by atoms with Gasteiger partial charge in [-0.2, -0.15) is 0 Å². The average Bonchev–Trinajstić information content (AvgIpc) is 2.73. The number of carbonyl (C=O) groups excluding carboxylic acids is 2. The predicted molar refractivity (Wildman–Crippen MR) is 57.2 cm³/mol. The van der Waals surface area contributed by atoms with Crippen LogP contribution in [0.3, 0.4) is 0 Å². The first-order chi connectivity index (χ1) is 8.22. The molecule has 90 valence electrons. The van der Waals surface area contributed by atoms with Crippen molar-refractivity contribution in [3.63, 3.8) is 0 Å². The molecular weight excluding hydrogens is 224 g/mol. The summed E-state index contributed by atoms with van der Waals surface area (Å²) in [5.74, 6) is -0.591. The number of rotatable bonds is 3. The topological polar surface area (TPSA) is 61.8 Å². The standard InChI is InChI=1S/C12H12O5/c1-2-15-11(13)10-9(16-12(14)17-10)8-6-4-3-5-7-8/h3-7,9-10H,2H2,1H3/t9-,10+/m0/s1. The number of cyclic esters (lactones) is 2. The summed E-state index contributed by atoms with van der Waals surface area (Å²) < 4.78 is 14.6. The van der Waals surface area contributed by atoms with Gasteiger partial charge in [0.15, 0.2) is 6.10 Å². The van der Waals surface area contributed by atoms with Gasteiger partial charge in [0.2, 0.25) is 6.10 Å². The summed E-state index contributed by atoms with van der Waals surface area (Å²) in [6, 6.07) is 8.95. The Hall–Kier alpha value is -2.04. The van der Waals surface area contributed by atoms with Crippen molar-refractivity contribution in [3.8, 4) is 0 Å². The lowest BCUT2D eigenvalue weighted by molar-refractivity contribution is -0.153. The number of benzene rings is 1. The van der Waals surface area contributed by atoms with E-state index < -0.39 is 24.3 Å². The molecule has 1 saturated heterocycles. The molecule has 1 heterocycles. The lowest BCUT2D eigenvalue weighted by Gasteiger charge is -2.13. The number of hydrogen-bond acceptors (Lipinski definition) is 5. The first-order valence-electron chi connectivity index (χ1n) is 5.31. The van der Waals surface area contributed by atoms with Gasteiger partial charge in [-0.1, -0.05) is 30.3 Å². The first-order valence-corrected chi connectivity index (χ1v) is 5.31. The van der Waals surface area contributed by atoms with E-state index in [1.54, 1.807) is 31.2 Å². The molecule has 0 aromatic heterocycles. The van der Waals surface area contributed by atoms with E-state index in [9.17, 15) is 9.59 Å². The van der Waals surface area contributed by atoms with Gasteiger partial charge < -0.3 is 14.2 Å². The molecule has 1 aromatic rings. The average molecular weight is 236 g/mol. The Labute approximate surface area is 98.3 Å². The van der Waals surface area contributed by atoms with E-state index in [0.717, 1.165) is 0 Å². The zero-order valence-corrected chi connectivity index (χ0v) is 9.29. The zero-order chi connectivity index (χ0) is 12.3. The van der Waals surface area contributed by atoms with Crippen molar-refractivity contribution in [2.45, 2.75) is 19.1 Å². The highest BCUT2D eigenvalue weighted by Crippen LogP contribution is 2.30. The normalized spacial score (nSPS) is 22.8. The molecule has 0 spiro atoms. The van der Waals surface area contributed by atoms with Gasteiger partial charge in [0.25, 0.3) is 0 Å². The van der Waals surface area contributed by atoms with Crippen molar-refractivity contribution in [3.05, 3.63) is 35.9 Å². The maximum Gasteiger partial charge on any atom is 0.510 e. The fourth-order valence-electron chi connectivity index (χ4n) is 1.64. The summed E-state index contributed by atoms with van der Waals surface area (Å²) in [4.78, 5) is 22.7. The molecule has 2 rings (SSSR count). The maximum atomic E-state index is 11.6. The fourth-order valence-corrected chi connectivity index (χ4v) is 1.64. The third-order valence-corrected chi connectivity index (χ3v) is 2.37. The maximum absolute atomic E-state index is 11.6. The third-order valence-electron chi connectivity index (χ3n) is 2.37. The first kappa shape index (κ1) is 11.4. The van der Waals surface area contributed by atoms with Crippen LogP contribution < -0.4 is 0 Å². The van der Waals surface area contributed by atoms with Gasteiger partial charge in [-0.15, -0.1) is 0 Å². The Bertz CT molecular complexity index is 414. The van der Waals surface area contributed by atoms with E-state index in [2.05, 4.69) is 0 Å². The summed E-state index contributed by atoms with van der Waals surface area (Å²) in [6.07, 6.45) is -2.61. The minimum Gasteiger partial charge on any atom is -0.463 e. The van der Waals surface area contributed by atoms with Crippen LogP contribution in [0.1, 0.15) is 18.6 Å².